The van der Waals surface area contributed by atoms with Gasteiger partial charge in [0, 0.05) is 17.7 Å². The van der Waals surface area contributed by atoms with Crippen LogP contribution < -0.4 is 5.32 Å². The van der Waals surface area contributed by atoms with Gasteiger partial charge in [-0.15, -0.1) is 0 Å². The first-order valence-corrected chi connectivity index (χ1v) is 10.4. The van der Waals surface area contributed by atoms with Gasteiger partial charge >= 0.3 is 0 Å². The number of pyridine rings is 1. The van der Waals surface area contributed by atoms with Gasteiger partial charge in [-0.2, -0.15) is 10.4 Å². The quantitative estimate of drug-likeness (QED) is 0.552. The second-order valence-electron chi connectivity index (χ2n) is 8.03. The number of hydrogen-bond acceptors (Lipinski definition) is 4. The molecule has 148 valence electrons. The molecule has 0 aliphatic carbocycles. The van der Waals surface area contributed by atoms with Gasteiger partial charge in [-0.05, 0) is 56.1 Å². The van der Waals surface area contributed by atoms with E-state index in [1.165, 1.54) is 12.0 Å². The Morgan fingerprint density at radius 1 is 1.10 bits per heavy atom. The van der Waals surface area contributed by atoms with Gasteiger partial charge in [0.25, 0.3) is 0 Å². The van der Waals surface area contributed by atoms with Crippen molar-refractivity contribution in [3.63, 3.8) is 0 Å². The van der Waals surface area contributed by atoms with Crippen molar-refractivity contribution in [1.82, 2.24) is 20.1 Å². The van der Waals surface area contributed by atoms with Crippen LogP contribution in [0.5, 0.6) is 0 Å². The summed E-state index contributed by atoms with van der Waals surface area (Å²) >= 11 is 0. The minimum atomic E-state index is 0.600. The maximum Gasteiger partial charge on any atom is 0.109 e. The van der Waals surface area contributed by atoms with Crippen molar-refractivity contribution >= 4 is 11.0 Å². The number of benzene rings is 2. The lowest BCUT2D eigenvalue weighted by molar-refractivity contribution is 0.459. The van der Waals surface area contributed by atoms with E-state index in [0.717, 1.165) is 53.1 Å². The molecule has 1 N–H and O–H groups in total. The molecule has 30 heavy (non-hydrogen) atoms. The highest BCUT2D eigenvalue weighted by molar-refractivity contribution is 5.90. The van der Waals surface area contributed by atoms with Crippen LogP contribution in [0.15, 0.2) is 60.8 Å². The van der Waals surface area contributed by atoms with Crippen molar-refractivity contribution in [3.05, 3.63) is 71.9 Å². The smallest absolute Gasteiger partial charge is 0.109 e. The van der Waals surface area contributed by atoms with Gasteiger partial charge in [-0.3, -0.25) is 4.68 Å². The van der Waals surface area contributed by atoms with E-state index in [2.05, 4.69) is 58.4 Å². The fraction of sp³-hybridized carbons (Fsp3) is 0.240. The molecule has 0 bridgehead atoms. The van der Waals surface area contributed by atoms with Crippen molar-refractivity contribution in [2.45, 2.75) is 19.9 Å². The molecule has 1 atom stereocenters. The Labute approximate surface area is 176 Å². The summed E-state index contributed by atoms with van der Waals surface area (Å²) in [4.78, 5) is 5.03. The summed E-state index contributed by atoms with van der Waals surface area (Å²) in [6.45, 7) is 5.10. The maximum absolute atomic E-state index is 9.16. The first-order valence-electron chi connectivity index (χ1n) is 10.4. The first-order chi connectivity index (χ1) is 14.7. The van der Waals surface area contributed by atoms with E-state index in [1.807, 2.05) is 30.5 Å². The fourth-order valence-corrected chi connectivity index (χ4v) is 4.14. The van der Waals surface area contributed by atoms with Crippen LogP contribution in [0.1, 0.15) is 17.5 Å². The number of hydrogen-bond donors (Lipinski definition) is 1. The summed E-state index contributed by atoms with van der Waals surface area (Å²) in [5.74, 6) is 0.600. The van der Waals surface area contributed by atoms with Crippen molar-refractivity contribution in [2.24, 2.45) is 5.92 Å². The lowest BCUT2D eigenvalue weighted by Gasteiger charge is -2.13. The molecule has 0 saturated carbocycles. The van der Waals surface area contributed by atoms with Crippen molar-refractivity contribution in [1.29, 1.82) is 5.26 Å². The van der Waals surface area contributed by atoms with Crippen LogP contribution in [-0.2, 0) is 6.54 Å². The number of rotatable bonds is 4. The van der Waals surface area contributed by atoms with Crippen LogP contribution >= 0.6 is 0 Å². The number of aryl methyl sites for hydroxylation is 1. The molecular formula is C25H23N5. The molecule has 1 saturated heterocycles. The molecule has 2 aromatic heterocycles. The largest absolute Gasteiger partial charge is 0.316 e. The maximum atomic E-state index is 9.16. The van der Waals surface area contributed by atoms with E-state index in [4.69, 9.17) is 10.2 Å². The zero-order valence-electron chi connectivity index (χ0n) is 17.0. The van der Waals surface area contributed by atoms with E-state index in [1.54, 1.807) is 0 Å². The minimum absolute atomic E-state index is 0.600. The summed E-state index contributed by atoms with van der Waals surface area (Å²) < 4.78 is 2.09. The van der Waals surface area contributed by atoms with Crippen LogP contribution in [0, 0.1) is 24.2 Å². The monoisotopic (exact) mass is 393 g/mol. The minimum Gasteiger partial charge on any atom is -0.316 e. The topological polar surface area (TPSA) is 66.5 Å². The molecule has 1 aliphatic heterocycles. The predicted octanol–water partition coefficient (Wildman–Crippen LogP) is 4.55. The van der Waals surface area contributed by atoms with E-state index in [9.17, 15) is 0 Å². The normalized spacial score (nSPS) is 16.1. The van der Waals surface area contributed by atoms with Crippen molar-refractivity contribution in [3.8, 4) is 28.5 Å². The van der Waals surface area contributed by atoms with E-state index in [-0.39, 0.29) is 0 Å². The van der Waals surface area contributed by atoms with Crippen molar-refractivity contribution < 1.29 is 0 Å². The van der Waals surface area contributed by atoms with Gasteiger partial charge in [-0.1, -0.05) is 42.0 Å². The zero-order chi connectivity index (χ0) is 20.5. The Morgan fingerprint density at radius 2 is 1.87 bits per heavy atom. The third-order valence-corrected chi connectivity index (χ3v) is 5.87. The van der Waals surface area contributed by atoms with Crippen LogP contribution in [0.3, 0.4) is 0 Å². The molecular weight excluding hydrogens is 370 g/mol. The highest BCUT2D eigenvalue weighted by Crippen LogP contribution is 2.34. The summed E-state index contributed by atoms with van der Waals surface area (Å²) in [7, 11) is 0. The molecule has 1 fully saturated rings. The molecule has 5 nitrogen and oxygen atoms in total. The highest BCUT2D eigenvalue weighted by atomic mass is 15.3. The molecule has 5 heteroatoms. The number of nitrogens with zero attached hydrogens (tertiary/aromatic N) is 4. The summed E-state index contributed by atoms with van der Waals surface area (Å²) in [5.41, 5.74) is 7.97. The predicted molar refractivity (Wildman–Crippen MR) is 119 cm³/mol. The Kier molecular flexibility index (Phi) is 4.78. The number of nitrogens with one attached hydrogen (secondary N) is 1. The Morgan fingerprint density at radius 3 is 2.57 bits per heavy atom. The third kappa shape index (κ3) is 3.47. The zero-order valence-corrected chi connectivity index (χ0v) is 17.0. The van der Waals surface area contributed by atoms with Gasteiger partial charge in [-0.25, -0.2) is 4.98 Å². The molecule has 5 rings (SSSR count). The second-order valence-corrected chi connectivity index (χ2v) is 8.03. The number of fused-ring (bicyclic) bond motifs is 1. The van der Waals surface area contributed by atoms with Gasteiger partial charge in [0.05, 0.1) is 29.0 Å². The first kappa shape index (κ1) is 18.5. The van der Waals surface area contributed by atoms with Gasteiger partial charge in [0.2, 0.25) is 0 Å². The lowest BCUT2D eigenvalue weighted by Crippen LogP contribution is -2.15. The molecule has 0 unspecified atom stereocenters. The fourth-order valence-electron chi connectivity index (χ4n) is 4.14. The van der Waals surface area contributed by atoms with Crippen LogP contribution in [-0.4, -0.2) is 27.9 Å². The third-order valence-electron chi connectivity index (χ3n) is 5.87. The average Bonchev–Trinajstić information content (AvgIpc) is 3.44. The Bertz CT molecular complexity index is 1220. The number of aromatic nitrogens is 3. The average molecular weight is 393 g/mol. The Hall–Kier alpha value is -3.49. The highest BCUT2D eigenvalue weighted by Gasteiger charge is 2.19. The SMILES string of the molecule is Cc1ccc(-c2nc3cnn(C[C@H]4CCNC4)c3cc2-c2ccc(C#N)cc2)cc1. The molecule has 0 amide bonds. The number of nitriles is 1. The Balaban J connectivity index is 1.66. The molecule has 4 aromatic rings. The van der Waals surface area contributed by atoms with Crippen molar-refractivity contribution in [2.75, 3.05) is 13.1 Å². The van der Waals surface area contributed by atoms with Crippen LogP contribution in [0.2, 0.25) is 0 Å². The molecule has 3 heterocycles. The molecule has 2 aromatic carbocycles. The van der Waals surface area contributed by atoms with Gasteiger partial charge < -0.3 is 5.32 Å². The summed E-state index contributed by atoms with van der Waals surface area (Å²) in [6, 6.07) is 20.6. The second kappa shape index (κ2) is 7.74. The lowest BCUT2D eigenvalue weighted by atomic mass is 9.97. The summed E-state index contributed by atoms with van der Waals surface area (Å²) in [5, 5.41) is 17.3. The van der Waals surface area contributed by atoms with E-state index in [0.29, 0.717) is 11.5 Å². The van der Waals surface area contributed by atoms with Crippen LogP contribution in [0.25, 0.3) is 33.4 Å². The molecule has 1 aliphatic rings. The standard InChI is InChI=1S/C25H23N5/c1-17-2-6-21(7-3-17)25-22(20-8-4-18(13-26)5-9-20)12-24-23(29-25)15-28-30(24)16-19-10-11-27-14-19/h2-9,12,15,19,27H,10-11,14,16H2,1H3/t19-/m0/s1. The molecule has 0 spiro atoms. The summed E-state index contributed by atoms with van der Waals surface area (Å²) in [6.07, 6.45) is 3.05. The molecule has 0 radical (unpaired) electrons. The van der Waals surface area contributed by atoms with Crippen LogP contribution in [0.4, 0.5) is 0 Å². The van der Waals surface area contributed by atoms with Gasteiger partial charge in [0.1, 0.15) is 5.52 Å². The van der Waals surface area contributed by atoms with E-state index < -0.39 is 0 Å². The van der Waals surface area contributed by atoms with Gasteiger partial charge in [0.15, 0.2) is 0 Å². The van der Waals surface area contributed by atoms with E-state index >= 15 is 0 Å².